The zero-order valence-corrected chi connectivity index (χ0v) is 14.2. The second-order valence-corrected chi connectivity index (χ2v) is 8.24. The number of rotatable bonds is 5. The number of likely N-dealkylation sites (N-methyl/N-ethyl adjacent to an activating group) is 1. The maximum Gasteiger partial charge on any atom is 0.246 e. The van der Waals surface area contributed by atoms with Gasteiger partial charge >= 0.3 is 0 Å². The van der Waals surface area contributed by atoms with Crippen molar-refractivity contribution in [2.24, 2.45) is 5.73 Å². The first-order valence-corrected chi connectivity index (χ1v) is 8.87. The van der Waals surface area contributed by atoms with Gasteiger partial charge in [-0.05, 0) is 24.6 Å². The van der Waals surface area contributed by atoms with E-state index in [0.717, 1.165) is 10.7 Å². The molecule has 0 aliphatic rings. The minimum absolute atomic E-state index is 0.0777. The standard InChI is InChI=1S/C13H19BrN2O3S/c1-13(15,10-4-6-11(14)7-5-10)12(17)16(2)8-9-20(3,18)19/h4-7H,8-9,15H2,1-3H3. The molecule has 1 unspecified atom stereocenters. The minimum atomic E-state index is -3.11. The summed E-state index contributed by atoms with van der Waals surface area (Å²) in [7, 11) is -1.56. The van der Waals surface area contributed by atoms with Crippen LogP contribution < -0.4 is 5.73 Å². The van der Waals surface area contributed by atoms with E-state index in [1.54, 1.807) is 26.1 Å². The number of carbonyl (C=O) groups is 1. The third-order valence-corrected chi connectivity index (χ3v) is 4.49. The minimum Gasteiger partial charge on any atom is -0.343 e. The van der Waals surface area contributed by atoms with Crippen molar-refractivity contribution < 1.29 is 13.2 Å². The van der Waals surface area contributed by atoms with E-state index in [1.165, 1.54) is 4.90 Å². The third kappa shape index (κ3) is 4.57. The average molecular weight is 363 g/mol. The highest BCUT2D eigenvalue weighted by Gasteiger charge is 2.33. The van der Waals surface area contributed by atoms with Gasteiger partial charge in [0.1, 0.15) is 15.4 Å². The molecule has 0 spiro atoms. The molecule has 20 heavy (non-hydrogen) atoms. The summed E-state index contributed by atoms with van der Waals surface area (Å²) in [6.07, 6.45) is 1.14. The molecule has 0 aliphatic carbocycles. The average Bonchev–Trinajstić information content (AvgIpc) is 2.34. The highest BCUT2D eigenvalue weighted by molar-refractivity contribution is 9.10. The fourth-order valence-electron chi connectivity index (χ4n) is 1.72. The number of nitrogens with zero attached hydrogens (tertiary/aromatic N) is 1. The summed E-state index contributed by atoms with van der Waals surface area (Å²) in [5, 5.41) is 0. The second kappa shape index (κ2) is 6.24. The second-order valence-electron chi connectivity index (χ2n) is 5.07. The number of benzene rings is 1. The van der Waals surface area contributed by atoms with Crippen molar-refractivity contribution in [2.75, 3.05) is 25.6 Å². The van der Waals surface area contributed by atoms with Crippen molar-refractivity contribution in [3.8, 4) is 0 Å². The van der Waals surface area contributed by atoms with Gasteiger partial charge in [0, 0.05) is 24.3 Å². The van der Waals surface area contributed by atoms with Crippen molar-refractivity contribution >= 4 is 31.7 Å². The van der Waals surface area contributed by atoms with Crippen LogP contribution in [0.4, 0.5) is 0 Å². The normalized spacial score (nSPS) is 14.7. The molecule has 1 amide bonds. The first kappa shape index (κ1) is 17.1. The van der Waals surface area contributed by atoms with E-state index in [0.29, 0.717) is 5.56 Å². The van der Waals surface area contributed by atoms with E-state index in [1.807, 2.05) is 12.1 Å². The van der Waals surface area contributed by atoms with Crippen molar-refractivity contribution in [1.29, 1.82) is 0 Å². The fourth-order valence-corrected chi connectivity index (χ4v) is 2.59. The molecular formula is C13H19BrN2O3S. The third-order valence-electron chi connectivity index (χ3n) is 3.03. The Morgan fingerprint density at radius 2 is 1.85 bits per heavy atom. The lowest BCUT2D eigenvalue weighted by Crippen LogP contribution is -2.50. The lowest BCUT2D eigenvalue weighted by Gasteiger charge is -2.29. The van der Waals surface area contributed by atoms with Gasteiger partial charge in [-0.15, -0.1) is 0 Å². The predicted molar refractivity (Wildman–Crippen MR) is 83.0 cm³/mol. The Labute approximate surface area is 128 Å². The van der Waals surface area contributed by atoms with E-state index in [2.05, 4.69) is 15.9 Å². The van der Waals surface area contributed by atoms with Gasteiger partial charge in [-0.2, -0.15) is 0 Å². The van der Waals surface area contributed by atoms with E-state index in [-0.39, 0.29) is 18.2 Å². The Morgan fingerprint density at radius 1 is 1.35 bits per heavy atom. The summed E-state index contributed by atoms with van der Waals surface area (Å²) in [6.45, 7) is 1.75. The van der Waals surface area contributed by atoms with Crippen LogP contribution in [0.1, 0.15) is 12.5 Å². The number of hydrogen-bond donors (Lipinski definition) is 1. The van der Waals surface area contributed by atoms with Gasteiger partial charge in [0.15, 0.2) is 0 Å². The number of halogens is 1. The van der Waals surface area contributed by atoms with Gasteiger partial charge < -0.3 is 10.6 Å². The van der Waals surface area contributed by atoms with Crippen LogP contribution >= 0.6 is 15.9 Å². The fraction of sp³-hybridized carbons (Fsp3) is 0.462. The predicted octanol–water partition coefficient (Wildman–Crippen LogP) is 1.13. The summed E-state index contributed by atoms with van der Waals surface area (Å²) in [5.74, 6) is -0.394. The van der Waals surface area contributed by atoms with Gasteiger partial charge in [0.25, 0.3) is 0 Å². The first-order chi connectivity index (χ1) is 9.04. The van der Waals surface area contributed by atoms with Crippen LogP contribution in [-0.2, 0) is 20.2 Å². The molecule has 1 aromatic carbocycles. The molecule has 5 nitrogen and oxygen atoms in total. The van der Waals surface area contributed by atoms with Crippen LogP contribution in [0.25, 0.3) is 0 Å². The Kier molecular flexibility index (Phi) is 5.34. The van der Waals surface area contributed by atoms with Crippen molar-refractivity contribution in [3.63, 3.8) is 0 Å². The maximum absolute atomic E-state index is 12.4. The van der Waals surface area contributed by atoms with Crippen LogP contribution in [0, 0.1) is 0 Å². The van der Waals surface area contributed by atoms with E-state index < -0.39 is 15.4 Å². The molecule has 0 aliphatic heterocycles. The summed E-state index contributed by atoms with van der Waals surface area (Å²) < 4.78 is 23.2. The van der Waals surface area contributed by atoms with Gasteiger partial charge in [-0.3, -0.25) is 4.79 Å². The molecule has 112 valence electrons. The molecule has 2 N–H and O–H groups in total. The zero-order chi connectivity index (χ0) is 15.6. The van der Waals surface area contributed by atoms with E-state index >= 15 is 0 Å². The Balaban J connectivity index is 2.86. The molecule has 1 aromatic rings. The van der Waals surface area contributed by atoms with Gasteiger partial charge in [-0.1, -0.05) is 28.1 Å². The number of sulfone groups is 1. The Morgan fingerprint density at radius 3 is 2.30 bits per heavy atom. The topological polar surface area (TPSA) is 80.5 Å². The Hall–Kier alpha value is -0.920. The molecule has 0 radical (unpaired) electrons. The van der Waals surface area contributed by atoms with E-state index in [9.17, 15) is 13.2 Å². The molecule has 0 fully saturated rings. The number of hydrogen-bond acceptors (Lipinski definition) is 4. The number of amides is 1. The summed E-state index contributed by atoms with van der Waals surface area (Å²) in [4.78, 5) is 13.7. The highest BCUT2D eigenvalue weighted by atomic mass is 79.9. The number of nitrogens with two attached hydrogens (primary N) is 1. The van der Waals surface area contributed by atoms with Gasteiger partial charge in [0.05, 0.1) is 5.75 Å². The van der Waals surface area contributed by atoms with E-state index in [4.69, 9.17) is 5.73 Å². The van der Waals surface area contributed by atoms with Crippen LogP contribution in [0.2, 0.25) is 0 Å². The number of carbonyl (C=O) groups excluding carboxylic acids is 1. The molecule has 0 heterocycles. The molecule has 0 aromatic heterocycles. The maximum atomic E-state index is 12.4. The highest BCUT2D eigenvalue weighted by Crippen LogP contribution is 2.22. The summed E-state index contributed by atoms with van der Waals surface area (Å²) >= 11 is 3.32. The first-order valence-electron chi connectivity index (χ1n) is 6.02. The van der Waals surface area contributed by atoms with Crippen LogP contribution in [0.3, 0.4) is 0 Å². The van der Waals surface area contributed by atoms with Crippen molar-refractivity contribution in [3.05, 3.63) is 34.3 Å². The van der Waals surface area contributed by atoms with Gasteiger partial charge in [0.2, 0.25) is 5.91 Å². The van der Waals surface area contributed by atoms with Crippen molar-refractivity contribution in [2.45, 2.75) is 12.5 Å². The molecule has 1 atom stereocenters. The van der Waals surface area contributed by atoms with Crippen LogP contribution in [0.5, 0.6) is 0 Å². The summed E-state index contributed by atoms with van der Waals surface area (Å²) in [5.41, 5.74) is 5.61. The van der Waals surface area contributed by atoms with Crippen LogP contribution in [0.15, 0.2) is 28.7 Å². The molecule has 0 saturated carbocycles. The molecular weight excluding hydrogens is 344 g/mol. The van der Waals surface area contributed by atoms with Crippen molar-refractivity contribution in [1.82, 2.24) is 4.90 Å². The quantitative estimate of drug-likeness (QED) is 0.850. The van der Waals surface area contributed by atoms with Crippen LogP contribution in [-0.4, -0.2) is 44.8 Å². The monoisotopic (exact) mass is 362 g/mol. The smallest absolute Gasteiger partial charge is 0.246 e. The largest absolute Gasteiger partial charge is 0.343 e. The molecule has 7 heteroatoms. The molecule has 1 rings (SSSR count). The lowest BCUT2D eigenvalue weighted by atomic mass is 9.92. The lowest BCUT2D eigenvalue weighted by molar-refractivity contribution is -0.135. The molecule has 0 bridgehead atoms. The summed E-state index contributed by atoms with van der Waals surface area (Å²) in [6, 6.07) is 7.16. The zero-order valence-electron chi connectivity index (χ0n) is 11.8. The Bertz CT molecular complexity index is 582. The SMILES string of the molecule is CN(CCS(C)(=O)=O)C(=O)C(C)(N)c1ccc(Br)cc1. The van der Waals surface area contributed by atoms with Gasteiger partial charge in [-0.25, -0.2) is 8.42 Å². The molecule has 0 saturated heterocycles.